The van der Waals surface area contributed by atoms with E-state index in [1.807, 2.05) is 17.9 Å². The summed E-state index contributed by atoms with van der Waals surface area (Å²) in [7, 11) is 1.81. The van der Waals surface area contributed by atoms with Crippen LogP contribution in [0.2, 0.25) is 0 Å². The average Bonchev–Trinajstić information content (AvgIpc) is 2.99. The molecular formula is C15H24N4O2. The average molecular weight is 292 g/mol. The van der Waals surface area contributed by atoms with Crippen LogP contribution in [0, 0.1) is 18.3 Å². The van der Waals surface area contributed by atoms with Gasteiger partial charge in [-0.25, -0.2) is 0 Å². The maximum Gasteiger partial charge on any atom is 0.272 e. The number of aliphatic hydroxyl groups is 1. The van der Waals surface area contributed by atoms with Gasteiger partial charge in [0.2, 0.25) is 0 Å². The van der Waals surface area contributed by atoms with Gasteiger partial charge in [-0.2, -0.15) is 5.10 Å². The van der Waals surface area contributed by atoms with Crippen molar-refractivity contribution in [3.63, 3.8) is 0 Å². The van der Waals surface area contributed by atoms with Crippen LogP contribution in [0.5, 0.6) is 0 Å². The van der Waals surface area contributed by atoms with Crippen molar-refractivity contribution in [2.45, 2.75) is 19.8 Å². The standard InChI is InChI=1S/C15H24N4O2/c1-11-7-13(18(2)17-11)14(21)19-8-12(9-20)15(10-19)3-5-16-6-4-15/h7,12,16,20H,3-6,8-10H2,1-2H3. The Bertz CT molecular complexity index is 534. The van der Waals surface area contributed by atoms with E-state index in [-0.39, 0.29) is 23.8 Å². The molecular weight excluding hydrogens is 268 g/mol. The van der Waals surface area contributed by atoms with Gasteiger partial charge in [-0.05, 0) is 44.3 Å². The lowest BCUT2D eigenvalue weighted by atomic mass is 9.71. The number of likely N-dealkylation sites (tertiary alicyclic amines) is 1. The molecule has 1 aromatic rings. The van der Waals surface area contributed by atoms with Crippen molar-refractivity contribution >= 4 is 5.91 Å². The van der Waals surface area contributed by atoms with Crippen LogP contribution >= 0.6 is 0 Å². The summed E-state index contributed by atoms with van der Waals surface area (Å²) in [5, 5.41) is 17.4. The molecule has 6 nitrogen and oxygen atoms in total. The van der Waals surface area contributed by atoms with Crippen molar-refractivity contribution in [1.29, 1.82) is 0 Å². The van der Waals surface area contributed by atoms with Gasteiger partial charge in [0.25, 0.3) is 5.91 Å². The minimum absolute atomic E-state index is 0.0342. The number of nitrogens with one attached hydrogen (secondary N) is 1. The van der Waals surface area contributed by atoms with Gasteiger partial charge in [0.15, 0.2) is 0 Å². The topological polar surface area (TPSA) is 70.4 Å². The van der Waals surface area contributed by atoms with Crippen LogP contribution in [0.1, 0.15) is 29.0 Å². The predicted octanol–water partition coefficient (Wildman–Crippen LogP) is 0.163. The van der Waals surface area contributed by atoms with E-state index in [9.17, 15) is 9.90 Å². The highest BCUT2D eigenvalue weighted by Gasteiger charge is 2.48. The molecule has 0 radical (unpaired) electrons. The minimum atomic E-state index is 0.0342. The third-order valence-corrected chi connectivity index (χ3v) is 5.14. The first-order valence-electron chi connectivity index (χ1n) is 7.67. The lowest BCUT2D eigenvalue weighted by Gasteiger charge is -2.37. The van der Waals surface area contributed by atoms with Crippen LogP contribution in [0.3, 0.4) is 0 Å². The van der Waals surface area contributed by atoms with Crippen molar-refractivity contribution in [2.75, 3.05) is 32.8 Å². The van der Waals surface area contributed by atoms with Crippen molar-refractivity contribution in [3.05, 3.63) is 17.5 Å². The summed E-state index contributed by atoms with van der Waals surface area (Å²) in [5.74, 6) is 0.227. The fraction of sp³-hybridized carbons (Fsp3) is 0.733. The molecule has 2 aliphatic rings. The monoisotopic (exact) mass is 292 g/mol. The lowest BCUT2D eigenvalue weighted by molar-refractivity contribution is 0.0745. The molecule has 1 spiro atoms. The summed E-state index contributed by atoms with van der Waals surface area (Å²) in [6.07, 6.45) is 2.07. The van der Waals surface area contributed by atoms with Crippen LogP contribution in [0.15, 0.2) is 6.07 Å². The molecule has 2 saturated heterocycles. The molecule has 116 valence electrons. The maximum atomic E-state index is 12.7. The quantitative estimate of drug-likeness (QED) is 0.815. The molecule has 2 aliphatic heterocycles. The number of aromatic nitrogens is 2. The molecule has 0 saturated carbocycles. The summed E-state index contributed by atoms with van der Waals surface area (Å²) in [5.41, 5.74) is 1.58. The van der Waals surface area contributed by atoms with Gasteiger partial charge in [-0.1, -0.05) is 0 Å². The Morgan fingerprint density at radius 1 is 1.52 bits per heavy atom. The summed E-state index contributed by atoms with van der Waals surface area (Å²) in [4.78, 5) is 14.6. The Morgan fingerprint density at radius 2 is 2.24 bits per heavy atom. The van der Waals surface area contributed by atoms with Gasteiger partial charge in [-0.3, -0.25) is 9.48 Å². The van der Waals surface area contributed by atoms with Gasteiger partial charge in [0.1, 0.15) is 5.69 Å². The zero-order valence-corrected chi connectivity index (χ0v) is 12.8. The van der Waals surface area contributed by atoms with Gasteiger partial charge in [0, 0.05) is 32.7 Å². The molecule has 0 bridgehead atoms. The number of aliphatic hydroxyl groups excluding tert-OH is 1. The number of rotatable bonds is 2. The van der Waals surface area contributed by atoms with E-state index in [1.165, 1.54) is 0 Å². The van der Waals surface area contributed by atoms with E-state index >= 15 is 0 Å². The number of aryl methyl sites for hydroxylation is 2. The highest BCUT2D eigenvalue weighted by molar-refractivity contribution is 5.93. The number of amides is 1. The van der Waals surface area contributed by atoms with Crippen molar-refractivity contribution in [3.8, 4) is 0 Å². The largest absolute Gasteiger partial charge is 0.396 e. The predicted molar refractivity (Wildman–Crippen MR) is 79.0 cm³/mol. The first-order valence-corrected chi connectivity index (χ1v) is 7.67. The third-order valence-electron chi connectivity index (χ3n) is 5.14. The van der Waals surface area contributed by atoms with Crippen LogP contribution in [0.4, 0.5) is 0 Å². The zero-order chi connectivity index (χ0) is 15.0. The third kappa shape index (κ3) is 2.46. The van der Waals surface area contributed by atoms with Crippen LogP contribution in [0.25, 0.3) is 0 Å². The Balaban J connectivity index is 1.81. The molecule has 0 aromatic carbocycles. The van der Waals surface area contributed by atoms with Crippen LogP contribution in [-0.4, -0.2) is 58.5 Å². The Kier molecular flexibility index (Phi) is 3.75. The number of carbonyl (C=O) groups is 1. The van der Waals surface area contributed by atoms with E-state index in [4.69, 9.17) is 0 Å². The number of nitrogens with zero attached hydrogens (tertiary/aromatic N) is 3. The first-order chi connectivity index (χ1) is 10.1. The first kappa shape index (κ1) is 14.5. The van der Waals surface area contributed by atoms with E-state index in [0.29, 0.717) is 12.2 Å². The van der Waals surface area contributed by atoms with Gasteiger partial charge in [-0.15, -0.1) is 0 Å². The second-order valence-corrected chi connectivity index (χ2v) is 6.47. The van der Waals surface area contributed by atoms with Crippen LogP contribution < -0.4 is 5.32 Å². The van der Waals surface area contributed by atoms with E-state index in [2.05, 4.69) is 10.4 Å². The fourth-order valence-corrected chi connectivity index (χ4v) is 3.90. The van der Waals surface area contributed by atoms with Gasteiger partial charge >= 0.3 is 0 Å². The van der Waals surface area contributed by atoms with Crippen molar-refractivity contribution < 1.29 is 9.90 Å². The lowest BCUT2D eigenvalue weighted by Crippen LogP contribution is -2.43. The molecule has 21 heavy (non-hydrogen) atoms. The number of hydrogen-bond donors (Lipinski definition) is 2. The summed E-state index contributed by atoms with van der Waals surface area (Å²) in [6, 6.07) is 1.84. The summed E-state index contributed by atoms with van der Waals surface area (Å²) >= 11 is 0. The van der Waals surface area contributed by atoms with Crippen molar-refractivity contribution in [2.24, 2.45) is 18.4 Å². The van der Waals surface area contributed by atoms with E-state index in [0.717, 1.165) is 38.2 Å². The molecule has 3 rings (SSSR count). The smallest absolute Gasteiger partial charge is 0.272 e. The second-order valence-electron chi connectivity index (χ2n) is 6.47. The van der Waals surface area contributed by atoms with Gasteiger partial charge < -0.3 is 15.3 Å². The summed E-state index contributed by atoms with van der Waals surface area (Å²) in [6.45, 7) is 5.41. The Morgan fingerprint density at radius 3 is 2.81 bits per heavy atom. The molecule has 0 aliphatic carbocycles. The van der Waals surface area contributed by atoms with E-state index < -0.39 is 0 Å². The highest BCUT2D eigenvalue weighted by atomic mass is 16.3. The molecule has 1 atom stereocenters. The van der Waals surface area contributed by atoms with E-state index in [1.54, 1.807) is 11.7 Å². The molecule has 1 aromatic heterocycles. The van der Waals surface area contributed by atoms with Crippen molar-refractivity contribution in [1.82, 2.24) is 20.0 Å². The fourth-order valence-electron chi connectivity index (χ4n) is 3.90. The second kappa shape index (κ2) is 5.42. The molecule has 6 heteroatoms. The minimum Gasteiger partial charge on any atom is -0.396 e. The Labute approximate surface area is 125 Å². The number of hydrogen-bond acceptors (Lipinski definition) is 4. The van der Waals surface area contributed by atoms with Gasteiger partial charge in [0.05, 0.1) is 5.69 Å². The zero-order valence-electron chi connectivity index (χ0n) is 12.8. The molecule has 2 fully saturated rings. The number of carbonyl (C=O) groups excluding carboxylic acids is 1. The maximum absolute atomic E-state index is 12.7. The van der Waals surface area contributed by atoms with Crippen LogP contribution in [-0.2, 0) is 7.05 Å². The molecule has 2 N–H and O–H groups in total. The normalized spacial score (nSPS) is 24.7. The number of piperidine rings is 1. The Hall–Kier alpha value is -1.40. The molecule has 3 heterocycles. The summed E-state index contributed by atoms with van der Waals surface area (Å²) < 4.78 is 1.65. The SMILES string of the molecule is Cc1cc(C(=O)N2CC(CO)C3(CCNCC3)C2)n(C)n1. The highest BCUT2D eigenvalue weighted by Crippen LogP contribution is 2.43. The molecule has 1 amide bonds. The molecule has 1 unspecified atom stereocenters.